The maximum absolute atomic E-state index is 8.44. The second-order valence-electron chi connectivity index (χ2n) is 2.19. The number of nitrogens with zero attached hydrogens (tertiary/aromatic N) is 3. The van der Waals surface area contributed by atoms with Gasteiger partial charge in [-0.3, -0.25) is 4.40 Å². The molecule has 2 aromatic rings. The van der Waals surface area contributed by atoms with Gasteiger partial charge in [-0.05, 0) is 0 Å². The highest BCUT2D eigenvalue weighted by Gasteiger charge is 2.06. The van der Waals surface area contributed by atoms with E-state index in [1.807, 2.05) is 0 Å². The first-order valence-corrected chi connectivity index (χ1v) is 4.09. The highest BCUT2D eigenvalue weighted by molar-refractivity contribution is 7.15. The third-order valence-corrected chi connectivity index (χ3v) is 2.37. The van der Waals surface area contributed by atoms with Crippen molar-refractivity contribution in [1.82, 2.24) is 9.38 Å². The molecule has 2 rings (SSSR count). The van der Waals surface area contributed by atoms with Gasteiger partial charge in [0.1, 0.15) is 5.69 Å². The first-order chi connectivity index (χ1) is 5.83. The average molecular weight is 182 g/mol. The number of aromatic nitrogens is 2. The number of hydrogen-bond donors (Lipinski definition) is 2. The van der Waals surface area contributed by atoms with Gasteiger partial charge in [0.2, 0.25) is 0 Å². The maximum atomic E-state index is 8.44. The molecule has 0 radical (unpaired) electrons. The van der Waals surface area contributed by atoms with Crippen molar-refractivity contribution in [1.29, 1.82) is 0 Å². The first-order valence-electron chi connectivity index (χ1n) is 3.21. The van der Waals surface area contributed by atoms with E-state index in [9.17, 15) is 0 Å². The van der Waals surface area contributed by atoms with Crippen molar-refractivity contribution in [2.24, 2.45) is 10.9 Å². The Labute approximate surface area is 71.8 Å². The number of hydrogen-bond acceptors (Lipinski definition) is 4. The van der Waals surface area contributed by atoms with Gasteiger partial charge in [-0.1, -0.05) is 5.16 Å². The molecule has 0 saturated carbocycles. The van der Waals surface area contributed by atoms with Crippen molar-refractivity contribution in [3.05, 3.63) is 23.5 Å². The molecule has 6 heteroatoms. The molecule has 62 valence electrons. The summed E-state index contributed by atoms with van der Waals surface area (Å²) >= 11 is 1.44. The van der Waals surface area contributed by atoms with Gasteiger partial charge in [-0.2, -0.15) is 0 Å². The van der Waals surface area contributed by atoms with E-state index in [4.69, 9.17) is 10.9 Å². The van der Waals surface area contributed by atoms with Crippen molar-refractivity contribution in [3.8, 4) is 0 Å². The molecule has 0 amide bonds. The van der Waals surface area contributed by atoms with Crippen LogP contribution in [0.2, 0.25) is 0 Å². The monoisotopic (exact) mass is 182 g/mol. The van der Waals surface area contributed by atoms with Crippen LogP contribution in [0.3, 0.4) is 0 Å². The molecule has 12 heavy (non-hydrogen) atoms. The lowest BCUT2D eigenvalue weighted by Crippen LogP contribution is -2.14. The van der Waals surface area contributed by atoms with E-state index >= 15 is 0 Å². The predicted molar refractivity (Wildman–Crippen MR) is 45.6 cm³/mol. The Kier molecular flexibility index (Phi) is 1.47. The molecule has 0 unspecified atom stereocenters. The summed E-state index contributed by atoms with van der Waals surface area (Å²) in [6.45, 7) is 0. The number of oxime groups is 1. The van der Waals surface area contributed by atoms with E-state index in [2.05, 4.69) is 10.1 Å². The zero-order valence-electron chi connectivity index (χ0n) is 6.01. The van der Waals surface area contributed by atoms with Crippen LogP contribution in [-0.4, -0.2) is 20.4 Å². The average Bonchev–Trinajstić information content (AvgIpc) is 2.62. The van der Waals surface area contributed by atoms with E-state index in [1.165, 1.54) is 11.3 Å². The van der Waals surface area contributed by atoms with Crippen LogP contribution in [0.25, 0.3) is 4.96 Å². The molecule has 0 atom stereocenters. The lowest BCUT2D eigenvalue weighted by atomic mass is 10.4. The second-order valence-corrected chi connectivity index (χ2v) is 3.02. The summed E-state index contributed by atoms with van der Waals surface area (Å²) in [6, 6.07) is 0. The smallest absolute Gasteiger partial charge is 0.194 e. The van der Waals surface area contributed by atoms with Crippen molar-refractivity contribution in [2.75, 3.05) is 0 Å². The van der Waals surface area contributed by atoms with Crippen LogP contribution in [0.5, 0.6) is 0 Å². The molecule has 0 aliphatic rings. The Balaban J connectivity index is 2.69. The number of nitrogens with two attached hydrogens (primary N) is 1. The van der Waals surface area contributed by atoms with Crippen LogP contribution >= 0.6 is 11.3 Å². The number of thiazole rings is 1. The molecule has 3 N–H and O–H groups in total. The number of rotatable bonds is 1. The lowest BCUT2D eigenvalue weighted by Gasteiger charge is -1.93. The minimum atomic E-state index is 0.0965. The lowest BCUT2D eigenvalue weighted by molar-refractivity contribution is 0.318. The fraction of sp³-hybridized carbons (Fsp3) is 0. The Morgan fingerprint density at radius 1 is 1.75 bits per heavy atom. The summed E-state index contributed by atoms with van der Waals surface area (Å²) in [4.78, 5) is 4.88. The summed E-state index contributed by atoms with van der Waals surface area (Å²) < 4.78 is 1.76. The molecule has 0 aliphatic carbocycles. The maximum Gasteiger partial charge on any atom is 0.194 e. The summed E-state index contributed by atoms with van der Waals surface area (Å²) in [6.07, 6.45) is 3.43. The Morgan fingerprint density at radius 2 is 2.58 bits per heavy atom. The molecule has 2 heterocycles. The molecule has 0 spiro atoms. The van der Waals surface area contributed by atoms with Crippen molar-refractivity contribution in [3.63, 3.8) is 0 Å². The van der Waals surface area contributed by atoms with Crippen LogP contribution in [0.4, 0.5) is 0 Å². The van der Waals surface area contributed by atoms with Gasteiger partial charge in [0, 0.05) is 17.8 Å². The van der Waals surface area contributed by atoms with Crippen LogP contribution in [0, 0.1) is 0 Å². The van der Waals surface area contributed by atoms with Gasteiger partial charge in [-0.25, -0.2) is 4.98 Å². The van der Waals surface area contributed by atoms with Gasteiger partial charge < -0.3 is 10.9 Å². The zero-order chi connectivity index (χ0) is 8.55. The molecule has 2 aromatic heterocycles. The molecule has 0 saturated heterocycles. The van der Waals surface area contributed by atoms with Crippen molar-refractivity contribution in [2.45, 2.75) is 0 Å². The van der Waals surface area contributed by atoms with Crippen LogP contribution in [0.15, 0.2) is 22.9 Å². The fourth-order valence-electron chi connectivity index (χ4n) is 0.961. The molecular weight excluding hydrogens is 176 g/mol. The highest BCUT2D eigenvalue weighted by Crippen LogP contribution is 2.13. The number of amidine groups is 1. The third kappa shape index (κ3) is 0.850. The van der Waals surface area contributed by atoms with E-state index < -0.39 is 0 Å². The largest absolute Gasteiger partial charge is 0.409 e. The minimum Gasteiger partial charge on any atom is -0.409 e. The highest BCUT2D eigenvalue weighted by atomic mass is 32.1. The second kappa shape index (κ2) is 2.49. The SMILES string of the molecule is N/C(=N/O)c1csc2nccn12. The van der Waals surface area contributed by atoms with E-state index in [-0.39, 0.29) is 5.84 Å². The Hall–Kier alpha value is -1.56. The third-order valence-electron chi connectivity index (χ3n) is 1.51. The van der Waals surface area contributed by atoms with E-state index in [0.717, 1.165) is 4.96 Å². The first kappa shape index (κ1) is 7.11. The van der Waals surface area contributed by atoms with E-state index in [1.54, 1.807) is 22.2 Å². The van der Waals surface area contributed by atoms with Crippen LogP contribution in [0.1, 0.15) is 5.69 Å². The standard InChI is InChI=1S/C6H6N4OS/c7-5(9-11)4-3-12-6-8-1-2-10(4)6/h1-3,11H,(H2,7,9). The van der Waals surface area contributed by atoms with E-state index in [0.29, 0.717) is 5.69 Å². The normalized spacial score (nSPS) is 12.5. The summed E-state index contributed by atoms with van der Waals surface area (Å²) in [7, 11) is 0. The van der Waals surface area contributed by atoms with Crippen molar-refractivity contribution < 1.29 is 5.21 Å². The Bertz CT molecular complexity index is 429. The predicted octanol–water partition coefficient (Wildman–Crippen LogP) is 0.490. The molecule has 0 aromatic carbocycles. The zero-order valence-corrected chi connectivity index (χ0v) is 6.82. The molecule has 0 aliphatic heterocycles. The fourth-order valence-corrected chi connectivity index (χ4v) is 1.81. The number of imidazole rings is 1. The van der Waals surface area contributed by atoms with Gasteiger partial charge in [0.05, 0.1) is 0 Å². The molecule has 0 bridgehead atoms. The van der Waals surface area contributed by atoms with Crippen LogP contribution < -0.4 is 5.73 Å². The summed E-state index contributed by atoms with van der Waals surface area (Å²) in [5.74, 6) is 0.0965. The molecular formula is C6H6N4OS. The van der Waals surface area contributed by atoms with Gasteiger partial charge in [-0.15, -0.1) is 11.3 Å². The Morgan fingerprint density at radius 3 is 3.33 bits per heavy atom. The summed E-state index contributed by atoms with van der Waals surface area (Å²) in [5.41, 5.74) is 6.08. The topological polar surface area (TPSA) is 75.9 Å². The van der Waals surface area contributed by atoms with Gasteiger partial charge >= 0.3 is 0 Å². The van der Waals surface area contributed by atoms with Crippen LogP contribution in [-0.2, 0) is 0 Å². The quantitative estimate of drug-likeness (QED) is 0.291. The van der Waals surface area contributed by atoms with Gasteiger partial charge in [0.15, 0.2) is 10.8 Å². The minimum absolute atomic E-state index is 0.0965. The van der Waals surface area contributed by atoms with Gasteiger partial charge in [0.25, 0.3) is 0 Å². The number of fused-ring (bicyclic) bond motifs is 1. The van der Waals surface area contributed by atoms with Crippen molar-refractivity contribution >= 4 is 22.1 Å². The molecule has 5 nitrogen and oxygen atoms in total. The molecule has 0 fully saturated rings. The summed E-state index contributed by atoms with van der Waals surface area (Å²) in [5, 5.41) is 13.1.